The minimum Gasteiger partial charge on any atom is -0.496 e. The van der Waals surface area contributed by atoms with Crippen LogP contribution >= 0.6 is 23.2 Å². The molecule has 207 valence electrons. The first kappa shape index (κ1) is 28.3. The highest BCUT2D eigenvalue weighted by Crippen LogP contribution is 2.43. The smallest absolute Gasteiger partial charge is 0.219 e. The molecule has 3 heterocycles. The van der Waals surface area contributed by atoms with Crippen molar-refractivity contribution in [2.45, 2.75) is 26.0 Å². The van der Waals surface area contributed by atoms with E-state index in [9.17, 15) is 9.50 Å². The molecule has 40 heavy (non-hydrogen) atoms. The summed E-state index contributed by atoms with van der Waals surface area (Å²) in [4.78, 5) is 11.2. The molecule has 0 amide bonds. The molecule has 4 aromatic rings. The quantitative estimate of drug-likeness (QED) is 0.257. The van der Waals surface area contributed by atoms with Crippen molar-refractivity contribution in [3.05, 3.63) is 88.1 Å². The number of hydrogen-bond acceptors (Lipinski definition) is 6. The molecule has 2 aromatic carbocycles. The van der Waals surface area contributed by atoms with Crippen molar-refractivity contribution >= 4 is 23.2 Å². The Hall–Kier alpha value is -3.23. The number of aliphatic hydroxyl groups excluding tert-OH is 1. The fourth-order valence-electron chi connectivity index (χ4n) is 5.15. The first-order valence-corrected chi connectivity index (χ1v) is 13.6. The highest BCUT2D eigenvalue weighted by atomic mass is 35.5. The fourth-order valence-corrected chi connectivity index (χ4v) is 5.80. The minimum atomic E-state index is -0.539. The molecule has 0 saturated carbocycles. The minimum absolute atomic E-state index is 0.0801. The molecule has 1 aliphatic rings. The maximum Gasteiger partial charge on any atom is 0.219 e. The van der Waals surface area contributed by atoms with E-state index in [1.165, 1.54) is 13.2 Å². The second-order valence-corrected chi connectivity index (χ2v) is 10.6. The molecule has 1 N–H and O–H groups in total. The average molecular weight is 581 g/mol. The van der Waals surface area contributed by atoms with Crippen molar-refractivity contribution < 1.29 is 19.0 Å². The van der Waals surface area contributed by atoms with Crippen LogP contribution in [0.2, 0.25) is 10.0 Å². The molecule has 0 unspecified atom stereocenters. The zero-order chi connectivity index (χ0) is 28.6. The van der Waals surface area contributed by atoms with E-state index in [1.54, 1.807) is 32.4 Å². The Morgan fingerprint density at radius 2 is 1.82 bits per heavy atom. The first-order chi connectivity index (χ1) is 19.2. The molecule has 0 spiro atoms. The van der Waals surface area contributed by atoms with Crippen LogP contribution < -0.4 is 9.47 Å². The van der Waals surface area contributed by atoms with E-state index in [1.807, 2.05) is 18.2 Å². The van der Waals surface area contributed by atoms with E-state index in [0.717, 1.165) is 35.4 Å². The molecule has 0 saturated heterocycles. The van der Waals surface area contributed by atoms with Gasteiger partial charge < -0.3 is 14.6 Å². The summed E-state index contributed by atoms with van der Waals surface area (Å²) in [7, 11) is 3.06. The molecule has 1 radical (unpaired) electrons. The number of fused-ring (bicyclic) bond motifs is 1. The molecule has 1 atom stereocenters. The number of aromatic nitrogens is 2. The van der Waals surface area contributed by atoms with Gasteiger partial charge in [-0.2, -0.15) is 0 Å². The lowest BCUT2D eigenvalue weighted by Crippen LogP contribution is -2.35. The predicted octanol–water partition coefficient (Wildman–Crippen LogP) is 6.86. The Labute approximate surface area is 243 Å². The normalized spacial score (nSPS) is 14.1. The van der Waals surface area contributed by atoms with Crippen molar-refractivity contribution in [2.24, 2.45) is 0 Å². The lowest BCUT2D eigenvalue weighted by Gasteiger charge is -2.31. The monoisotopic (exact) mass is 580 g/mol. The number of rotatable bonds is 7. The highest BCUT2D eigenvalue weighted by Gasteiger charge is 2.24. The Bertz CT molecular complexity index is 1560. The molecule has 0 fully saturated rings. The number of methoxy groups -OCH3 is 2. The van der Waals surface area contributed by atoms with E-state index in [4.69, 9.17) is 32.7 Å². The van der Waals surface area contributed by atoms with Crippen LogP contribution in [0.5, 0.6) is 11.6 Å². The van der Waals surface area contributed by atoms with E-state index in [2.05, 4.69) is 27.9 Å². The van der Waals surface area contributed by atoms with Crippen LogP contribution in [0.1, 0.15) is 23.6 Å². The van der Waals surface area contributed by atoms with E-state index in [0.29, 0.717) is 51.2 Å². The van der Waals surface area contributed by atoms with Crippen molar-refractivity contribution in [1.29, 1.82) is 0 Å². The second kappa shape index (κ2) is 11.7. The van der Waals surface area contributed by atoms with E-state index in [-0.39, 0.29) is 11.4 Å². The third kappa shape index (κ3) is 5.39. The van der Waals surface area contributed by atoms with E-state index >= 15 is 0 Å². The lowest BCUT2D eigenvalue weighted by molar-refractivity contribution is 0.118. The number of nitrogens with zero attached hydrogens (tertiary/aromatic N) is 3. The molecule has 9 heteroatoms. The van der Waals surface area contributed by atoms with Gasteiger partial charge in [-0.05, 0) is 44.0 Å². The molecule has 1 aliphatic heterocycles. The number of halogens is 3. The van der Waals surface area contributed by atoms with Crippen LogP contribution in [0.3, 0.4) is 0 Å². The summed E-state index contributed by atoms with van der Waals surface area (Å²) < 4.78 is 25.5. The predicted molar refractivity (Wildman–Crippen MR) is 157 cm³/mol. The molecule has 5 rings (SSSR count). The summed E-state index contributed by atoms with van der Waals surface area (Å²) >= 11 is 13.9. The van der Waals surface area contributed by atoms with Crippen LogP contribution in [0.15, 0.2) is 48.7 Å². The Morgan fingerprint density at radius 3 is 2.55 bits per heavy atom. The van der Waals surface area contributed by atoms with E-state index < -0.39 is 11.9 Å². The van der Waals surface area contributed by atoms with Crippen LogP contribution in [-0.4, -0.2) is 53.4 Å². The van der Waals surface area contributed by atoms with Crippen LogP contribution in [0, 0.1) is 12.7 Å². The molecule has 2 aromatic heterocycles. The van der Waals surface area contributed by atoms with Gasteiger partial charge in [0.25, 0.3) is 0 Å². The SMILES string of the molecule is [CH2]c1c(F)cc(-c2cccc(-c3ccnc(-c4cc5c(c(OC)c4)CN(C[C@@H](C)O)CC5)c3Cl)c2Cl)nc1OC. The zero-order valence-electron chi connectivity index (χ0n) is 22.5. The third-order valence-electron chi connectivity index (χ3n) is 7.08. The van der Waals surface area contributed by atoms with Gasteiger partial charge in [0.1, 0.15) is 11.6 Å². The number of hydrogen-bond donors (Lipinski definition) is 1. The van der Waals surface area contributed by atoms with Gasteiger partial charge in [0.15, 0.2) is 0 Å². The second-order valence-electron chi connectivity index (χ2n) is 9.82. The third-order valence-corrected chi connectivity index (χ3v) is 7.87. The van der Waals surface area contributed by atoms with Crippen molar-refractivity contribution in [1.82, 2.24) is 14.9 Å². The molecule has 0 aliphatic carbocycles. The average Bonchev–Trinajstić information content (AvgIpc) is 2.94. The van der Waals surface area contributed by atoms with Gasteiger partial charge in [0, 0.05) is 59.7 Å². The van der Waals surface area contributed by atoms with Gasteiger partial charge in [-0.15, -0.1) is 0 Å². The number of β-amino-alcohol motifs (C(OH)–C–C–N with tert-alkyl or cyclic N) is 1. The Balaban J connectivity index is 1.56. The summed E-state index contributed by atoms with van der Waals surface area (Å²) in [5, 5.41) is 10.6. The maximum atomic E-state index is 14.6. The van der Waals surface area contributed by atoms with Gasteiger partial charge in [-0.25, -0.2) is 9.37 Å². The van der Waals surface area contributed by atoms with Gasteiger partial charge in [0.05, 0.1) is 47.3 Å². The summed E-state index contributed by atoms with van der Waals surface area (Å²) in [5.41, 5.74) is 5.96. The molecule has 0 bridgehead atoms. The number of aliphatic hydroxyl groups is 1. The molecular weight excluding hydrogens is 552 g/mol. The van der Waals surface area contributed by atoms with Crippen LogP contribution in [0.4, 0.5) is 4.39 Å². The largest absolute Gasteiger partial charge is 0.496 e. The van der Waals surface area contributed by atoms with Crippen LogP contribution in [0.25, 0.3) is 33.6 Å². The highest BCUT2D eigenvalue weighted by molar-refractivity contribution is 6.39. The number of ether oxygens (including phenoxy) is 2. The standard InChI is InChI=1S/C31H29Cl2FN3O3/c1-17(38)15-37-11-9-19-12-20(13-27(39-3)24(19)16-37)30-29(33)22(8-10-35-30)21-6-5-7-23(28(21)32)26-14-25(34)18(2)31(36-26)40-4/h5-8,10,12-14,17,38H,2,9,11,15-16H2,1,3-4H3/t17-/m1/s1. The first-order valence-electron chi connectivity index (χ1n) is 12.8. The zero-order valence-corrected chi connectivity index (χ0v) is 24.0. The van der Waals surface area contributed by atoms with Gasteiger partial charge in [-0.1, -0.05) is 41.4 Å². The number of pyridine rings is 2. The summed E-state index contributed by atoms with van der Waals surface area (Å²) in [6.45, 7) is 7.61. The summed E-state index contributed by atoms with van der Waals surface area (Å²) in [5.74, 6) is 0.306. The Kier molecular flexibility index (Phi) is 8.29. The maximum absolute atomic E-state index is 14.6. The van der Waals surface area contributed by atoms with Crippen molar-refractivity contribution in [3.63, 3.8) is 0 Å². The lowest BCUT2D eigenvalue weighted by atomic mass is 9.93. The van der Waals surface area contributed by atoms with Gasteiger partial charge in [0.2, 0.25) is 5.88 Å². The number of benzene rings is 2. The topological polar surface area (TPSA) is 67.7 Å². The molecule has 6 nitrogen and oxygen atoms in total. The van der Waals surface area contributed by atoms with Gasteiger partial charge >= 0.3 is 0 Å². The van der Waals surface area contributed by atoms with Crippen LogP contribution in [-0.2, 0) is 13.0 Å². The molecular formula is C31H29Cl2FN3O3. The van der Waals surface area contributed by atoms with Gasteiger partial charge in [-0.3, -0.25) is 9.88 Å². The summed E-state index contributed by atoms with van der Waals surface area (Å²) in [6.07, 6.45) is 2.10. The van der Waals surface area contributed by atoms with Crippen molar-refractivity contribution in [3.8, 4) is 45.3 Å². The summed E-state index contributed by atoms with van der Waals surface area (Å²) in [6, 6.07) is 12.6. The Morgan fingerprint density at radius 1 is 1.07 bits per heavy atom. The van der Waals surface area contributed by atoms with Crippen molar-refractivity contribution in [2.75, 3.05) is 27.3 Å². The fraction of sp³-hybridized carbons (Fsp3) is 0.258.